The molecule has 0 spiro atoms. The Morgan fingerprint density at radius 3 is 2.67 bits per heavy atom. The summed E-state index contributed by atoms with van der Waals surface area (Å²) in [5.74, 6) is 0.0445. The summed E-state index contributed by atoms with van der Waals surface area (Å²) in [5.41, 5.74) is 3.16. The van der Waals surface area contributed by atoms with Crippen LogP contribution in [0.25, 0.3) is 0 Å². The molecule has 1 aliphatic heterocycles. The number of aryl methyl sites for hydroxylation is 1. The molecule has 1 amide bonds. The summed E-state index contributed by atoms with van der Waals surface area (Å²) in [7, 11) is 0. The van der Waals surface area contributed by atoms with E-state index in [1.54, 1.807) is 11.3 Å². The van der Waals surface area contributed by atoms with Crippen LogP contribution in [0.5, 0.6) is 0 Å². The summed E-state index contributed by atoms with van der Waals surface area (Å²) in [5, 5.41) is 8.24. The molecule has 1 unspecified atom stereocenters. The summed E-state index contributed by atoms with van der Waals surface area (Å²) < 4.78 is 0. The lowest BCUT2D eigenvalue weighted by atomic mass is 9.94. The number of carbonyl (C=O) groups excluding carboxylic acids is 1. The monoisotopic (exact) mass is 318 g/mol. The van der Waals surface area contributed by atoms with Crippen molar-refractivity contribution < 1.29 is 4.79 Å². The molecule has 4 rings (SSSR count). The number of anilines is 1. The second kappa shape index (κ2) is 5.04. The van der Waals surface area contributed by atoms with E-state index in [-0.39, 0.29) is 12.1 Å². The first-order valence-corrected chi connectivity index (χ1v) is 8.39. The third-order valence-corrected chi connectivity index (χ3v) is 5.63. The molecular formula is C16H15ClN2OS. The molecule has 21 heavy (non-hydrogen) atoms. The third-order valence-electron chi connectivity index (χ3n) is 4.15. The van der Waals surface area contributed by atoms with Crippen LogP contribution in [-0.2, 0) is 12.8 Å². The Morgan fingerprint density at radius 2 is 1.86 bits per heavy atom. The highest BCUT2D eigenvalue weighted by Gasteiger charge is 2.31. The zero-order valence-electron chi connectivity index (χ0n) is 11.4. The van der Waals surface area contributed by atoms with Crippen LogP contribution in [0.3, 0.4) is 0 Å². The second-order valence-corrected chi connectivity index (χ2v) is 7.06. The molecule has 3 nitrogen and oxygen atoms in total. The van der Waals surface area contributed by atoms with Gasteiger partial charge >= 0.3 is 0 Å². The molecule has 2 heterocycles. The molecule has 0 bridgehead atoms. The van der Waals surface area contributed by atoms with E-state index in [2.05, 4.69) is 10.6 Å². The lowest BCUT2D eigenvalue weighted by Crippen LogP contribution is -2.38. The number of fused-ring (bicyclic) bond motifs is 3. The highest BCUT2D eigenvalue weighted by atomic mass is 35.5. The number of benzene rings is 1. The van der Waals surface area contributed by atoms with Crippen molar-refractivity contribution in [2.24, 2.45) is 0 Å². The van der Waals surface area contributed by atoms with Crippen molar-refractivity contribution in [2.45, 2.75) is 31.8 Å². The Hall–Kier alpha value is -1.52. The van der Waals surface area contributed by atoms with E-state index in [0.717, 1.165) is 29.0 Å². The molecule has 1 aliphatic carbocycles. The van der Waals surface area contributed by atoms with Gasteiger partial charge in [0.1, 0.15) is 11.2 Å². The SMILES string of the molecule is O=C1NC(c2ccc(Cl)cc2)Nc2sc3c(c21)CCCC3. The van der Waals surface area contributed by atoms with Crippen molar-refractivity contribution in [3.63, 3.8) is 0 Å². The summed E-state index contributed by atoms with van der Waals surface area (Å²) >= 11 is 7.67. The van der Waals surface area contributed by atoms with Crippen LogP contribution in [-0.4, -0.2) is 5.91 Å². The number of nitrogens with one attached hydrogen (secondary N) is 2. The van der Waals surface area contributed by atoms with Crippen LogP contribution >= 0.6 is 22.9 Å². The Kier molecular flexibility index (Phi) is 3.16. The molecule has 1 atom stereocenters. The van der Waals surface area contributed by atoms with Gasteiger partial charge in [-0.1, -0.05) is 23.7 Å². The number of thiophene rings is 1. The predicted molar refractivity (Wildman–Crippen MR) is 86.2 cm³/mol. The Morgan fingerprint density at radius 1 is 1.10 bits per heavy atom. The Bertz CT molecular complexity index is 708. The number of rotatable bonds is 1. The van der Waals surface area contributed by atoms with E-state index in [1.165, 1.54) is 23.3 Å². The fraction of sp³-hybridized carbons (Fsp3) is 0.312. The molecular weight excluding hydrogens is 304 g/mol. The fourth-order valence-corrected chi connectivity index (χ4v) is 4.54. The summed E-state index contributed by atoms with van der Waals surface area (Å²) in [6, 6.07) is 7.58. The molecule has 108 valence electrons. The van der Waals surface area contributed by atoms with Crippen LogP contribution in [0.15, 0.2) is 24.3 Å². The number of hydrogen-bond donors (Lipinski definition) is 2. The number of hydrogen-bond acceptors (Lipinski definition) is 3. The lowest BCUT2D eigenvalue weighted by Gasteiger charge is -2.26. The van der Waals surface area contributed by atoms with E-state index in [1.807, 2.05) is 24.3 Å². The minimum absolute atomic E-state index is 0.0445. The van der Waals surface area contributed by atoms with E-state index in [4.69, 9.17) is 11.6 Å². The minimum atomic E-state index is -0.178. The zero-order valence-corrected chi connectivity index (χ0v) is 13.0. The average Bonchev–Trinajstić information content (AvgIpc) is 2.86. The van der Waals surface area contributed by atoms with Crippen LogP contribution < -0.4 is 10.6 Å². The van der Waals surface area contributed by atoms with Crippen molar-refractivity contribution in [3.05, 3.63) is 50.9 Å². The molecule has 5 heteroatoms. The maximum Gasteiger partial charge on any atom is 0.256 e. The van der Waals surface area contributed by atoms with E-state index in [9.17, 15) is 4.79 Å². The standard InChI is InChI=1S/C16H15ClN2OS/c17-10-7-5-9(6-8-10)14-18-15(20)13-11-3-1-2-4-12(11)21-16(13)19-14/h5-8,14,19H,1-4H2,(H,18,20). The lowest BCUT2D eigenvalue weighted by molar-refractivity contribution is 0.0935. The van der Waals surface area contributed by atoms with Crippen molar-refractivity contribution in [1.82, 2.24) is 5.32 Å². The average molecular weight is 319 g/mol. The van der Waals surface area contributed by atoms with Crippen molar-refractivity contribution in [3.8, 4) is 0 Å². The molecule has 1 aromatic carbocycles. The predicted octanol–water partition coefficient (Wildman–Crippen LogP) is 4.13. The maximum atomic E-state index is 12.5. The highest BCUT2D eigenvalue weighted by Crippen LogP contribution is 2.41. The normalized spacial score (nSPS) is 20.2. The summed E-state index contributed by atoms with van der Waals surface area (Å²) in [6.07, 6.45) is 4.37. The number of halogens is 1. The van der Waals surface area contributed by atoms with Gasteiger partial charge in [0.15, 0.2) is 0 Å². The highest BCUT2D eigenvalue weighted by molar-refractivity contribution is 7.16. The van der Waals surface area contributed by atoms with Gasteiger partial charge in [-0.3, -0.25) is 4.79 Å². The van der Waals surface area contributed by atoms with Gasteiger partial charge in [0.05, 0.1) is 5.56 Å². The largest absolute Gasteiger partial charge is 0.353 e. The van der Waals surface area contributed by atoms with Gasteiger partial charge in [0, 0.05) is 9.90 Å². The first kappa shape index (κ1) is 13.2. The molecule has 0 radical (unpaired) electrons. The third kappa shape index (κ3) is 2.23. The van der Waals surface area contributed by atoms with Gasteiger partial charge in [-0.05, 0) is 48.9 Å². The van der Waals surface area contributed by atoms with Crippen molar-refractivity contribution >= 4 is 33.8 Å². The smallest absolute Gasteiger partial charge is 0.256 e. The number of carbonyl (C=O) groups is 1. The molecule has 2 aromatic rings. The summed E-state index contributed by atoms with van der Waals surface area (Å²) in [4.78, 5) is 13.9. The first-order chi connectivity index (χ1) is 10.2. The Labute approximate surface area is 132 Å². The van der Waals surface area contributed by atoms with E-state index < -0.39 is 0 Å². The summed E-state index contributed by atoms with van der Waals surface area (Å²) in [6.45, 7) is 0. The minimum Gasteiger partial charge on any atom is -0.353 e. The first-order valence-electron chi connectivity index (χ1n) is 7.20. The van der Waals surface area contributed by atoms with Gasteiger partial charge < -0.3 is 10.6 Å². The van der Waals surface area contributed by atoms with Crippen LogP contribution in [0.1, 0.15) is 45.4 Å². The van der Waals surface area contributed by atoms with Gasteiger partial charge in [-0.15, -0.1) is 11.3 Å². The van der Waals surface area contributed by atoms with Crippen molar-refractivity contribution in [2.75, 3.05) is 5.32 Å². The molecule has 1 aromatic heterocycles. The van der Waals surface area contributed by atoms with Gasteiger partial charge in [-0.25, -0.2) is 0 Å². The molecule has 0 saturated heterocycles. The van der Waals surface area contributed by atoms with Crippen LogP contribution in [0.2, 0.25) is 5.02 Å². The quantitative estimate of drug-likeness (QED) is 0.830. The molecule has 2 N–H and O–H groups in total. The second-order valence-electron chi connectivity index (χ2n) is 5.52. The Balaban J connectivity index is 1.70. The van der Waals surface area contributed by atoms with Gasteiger partial charge in [0.2, 0.25) is 0 Å². The van der Waals surface area contributed by atoms with E-state index in [0.29, 0.717) is 5.02 Å². The van der Waals surface area contributed by atoms with Crippen LogP contribution in [0.4, 0.5) is 5.00 Å². The van der Waals surface area contributed by atoms with E-state index >= 15 is 0 Å². The number of amides is 1. The maximum absolute atomic E-state index is 12.5. The van der Waals surface area contributed by atoms with Gasteiger partial charge in [0.25, 0.3) is 5.91 Å². The zero-order chi connectivity index (χ0) is 14.4. The molecule has 0 fully saturated rings. The topological polar surface area (TPSA) is 41.1 Å². The molecule has 2 aliphatic rings. The van der Waals surface area contributed by atoms with Crippen LogP contribution in [0, 0.1) is 0 Å². The van der Waals surface area contributed by atoms with Crippen molar-refractivity contribution in [1.29, 1.82) is 0 Å². The van der Waals surface area contributed by atoms with Gasteiger partial charge in [-0.2, -0.15) is 0 Å². The fourth-order valence-electron chi connectivity index (χ4n) is 3.10. The molecule has 0 saturated carbocycles.